The van der Waals surface area contributed by atoms with Crippen LogP contribution in [0.1, 0.15) is 25.0 Å². The highest BCUT2D eigenvalue weighted by molar-refractivity contribution is 9.18. The number of halogens is 4. The van der Waals surface area contributed by atoms with E-state index >= 15 is 0 Å². The summed E-state index contributed by atoms with van der Waals surface area (Å²) in [6.07, 6.45) is -4.35. The molecule has 0 bridgehead atoms. The first-order valence-corrected chi connectivity index (χ1v) is 6.68. The molecule has 0 aromatic heterocycles. The molecule has 4 nitrogen and oxygen atoms in total. The van der Waals surface area contributed by atoms with E-state index in [4.69, 9.17) is 10.2 Å². The summed E-state index contributed by atoms with van der Waals surface area (Å²) in [5, 5.41) is 6.43. The van der Waals surface area contributed by atoms with Crippen molar-refractivity contribution in [3.8, 4) is 5.75 Å². The number of rotatable bonds is 3. The van der Waals surface area contributed by atoms with Crippen LogP contribution in [-0.4, -0.2) is 17.5 Å². The molecule has 2 N–H and O–H groups in total. The van der Waals surface area contributed by atoms with Crippen molar-refractivity contribution in [3.05, 3.63) is 29.3 Å². The summed E-state index contributed by atoms with van der Waals surface area (Å²) in [6, 6.07) is 3.92. The van der Waals surface area contributed by atoms with Crippen LogP contribution in [0.4, 0.5) is 13.2 Å². The van der Waals surface area contributed by atoms with Gasteiger partial charge in [-0.1, -0.05) is 6.07 Å². The summed E-state index contributed by atoms with van der Waals surface area (Å²) in [4.78, 5) is 8.15. The van der Waals surface area contributed by atoms with Gasteiger partial charge < -0.3 is 4.84 Å². The van der Waals surface area contributed by atoms with Crippen LogP contribution in [0.25, 0.3) is 0 Å². The molecule has 21 heavy (non-hydrogen) atoms. The molecule has 118 valence electrons. The first kappa shape index (κ1) is 19.6. The summed E-state index contributed by atoms with van der Waals surface area (Å²) in [5.41, 5.74) is 2.11. The Morgan fingerprint density at radius 3 is 2.33 bits per heavy atom. The average molecular weight is 368 g/mol. The van der Waals surface area contributed by atoms with E-state index in [0.717, 1.165) is 6.07 Å². The lowest BCUT2D eigenvalue weighted by Crippen LogP contribution is -2.26. The zero-order chi connectivity index (χ0) is 16.6. The van der Waals surface area contributed by atoms with Crippen molar-refractivity contribution in [1.29, 1.82) is 5.41 Å². The Hall–Kier alpha value is -1.41. The molecule has 0 aliphatic carbocycles. The van der Waals surface area contributed by atoms with Crippen molar-refractivity contribution >= 4 is 27.4 Å². The van der Waals surface area contributed by atoms with Gasteiger partial charge in [0.1, 0.15) is 5.75 Å². The normalized spacial score (nSPS) is 10.7. The maximum absolute atomic E-state index is 12.6. The molecule has 0 fully saturated rings. The quantitative estimate of drug-likeness (QED) is 0.361. The van der Waals surface area contributed by atoms with Crippen molar-refractivity contribution in [1.82, 2.24) is 5.48 Å². The molecule has 0 saturated carbocycles. The standard InChI is InChI=1S/C11H14F3NO.C2H3BrN2/c1-7(2)15-16-9-5-4-8(3)10(6-9)11(12,13)14;1-5-2(3)4/h4-7,15H,1-3H3;4H,1H2. The average Bonchev–Trinajstić information content (AvgIpc) is 2.37. The van der Waals surface area contributed by atoms with Gasteiger partial charge in [0.25, 0.3) is 0 Å². The maximum Gasteiger partial charge on any atom is 0.416 e. The number of amidine groups is 1. The molecule has 1 aromatic carbocycles. The summed E-state index contributed by atoms with van der Waals surface area (Å²) in [5.74, 6) is 0.159. The van der Waals surface area contributed by atoms with Gasteiger partial charge >= 0.3 is 6.18 Å². The van der Waals surface area contributed by atoms with Crippen LogP contribution in [0, 0.1) is 12.3 Å². The third-order valence-electron chi connectivity index (χ3n) is 2.07. The molecule has 0 atom stereocenters. The first-order valence-electron chi connectivity index (χ1n) is 5.89. The molecule has 0 radical (unpaired) electrons. The molecule has 1 rings (SSSR count). The third kappa shape index (κ3) is 8.46. The monoisotopic (exact) mass is 367 g/mol. The van der Waals surface area contributed by atoms with Crippen LogP contribution in [0.5, 0.6) is 5.75 Å². The Labute approximate surface area is 130 Å². The topological polar surface area (TPSA) is 57.5 Å². The van der Waals surface area contributed by atoms with E-state index in [1.807, 2.05) is 13.8 Å². The van der Waals surface area contributed by atoms with E-state index in [2.05, 4.69) is 33.1 Å². The Morgan fingerprint density at radius 1 is 1.43 bits per heavy atom. The van der Waals surface area contributed by atoms with Gasteiger partial charge in [0, 0.05) is 6.04 Å². The van der Waals surface area contributed by atoms with Gasteiger partial charge in [-0.15, -0.1) is 0 Å². The van der Waals surface area contributed by atoms with Crippen molar-refractivity contribution < 1.29 is 18.0 Å². The molecular weight excluding hydrogens is 351 g/mol. The van der Waals surface area contributed by atoms with Crippen LogP contribution < -0.4 is 10.3 Å². The van der Waals surface area contributed by atoms with E-state index < -0.39 is 11.7 Å². The van der Waals surface area contributed by atoms with Crippen LogP contribution in [0.15, 0.2) is 23.2 Å². The number of hydrogen-bond acceptors (Lipinski definition) is 3. The fourth-order valence-corrected chi connectivity index (χ4v) is 1.16. The van der Waals surface area contributed by atoms with Crippen LogP contribution in [0.3, 0.4) is 0 Å². The Bertz CT molecular complexity index is 490. The third-order valence-corrected chi connectivity index (χ3v) is 2.32. The predicted molar refractivity (Wildman–Crippen MR) is 81.3 cm³/mol. The van der Waals surface area contributed by atoms with Crippen LogP contribution >= 0.6 is 15.9 Å². The zero-order valence-electron chi connectivity index (χ0n) is 11.9. The Morgan fingerprint density at radius 2 is 1.95 bits per heavy atom. The highest BCUT2D eigenvalue weighted by Crippen LogP contribution is 2.33. The Kier molecular flexibility index (Phi) is 8.19. The summed E-state index contributed by atoms with van der Waals surface area (Å²) < 4.78 is 37.7. The highest BCUT2D eigenvalue weighted by atomic mass is 79.9. The molecule has 0 heterocycles. The summed E-state index contributed by atoms with van der Waals surface area (Å²) >= 11 is 2.73. The Balaban J connectivity index is 0.000000690. The number of nitrogens with zero attached hydrogens (tertiary/aromatic N) is 1. The van der Waals surface area contributed by atoms with E-state index in [1.165, 1.54) is 19.1 Å². The second-order valence-electron chi connectivity index (χ2n) is 4.30. The van der Waals surface area contributed by atoms with Crippen LogP contribution in [-0.2, 0) is 6.18 Å². The number of aryl methyl sites for hydroxylation is 1. The van der Waals surface area contributed by atoms with Crippen molar-refractivity contribution in [2.24, 2.45) is 4.99 Å². The lowest BCUT2D eigenvalue weighted by atomic mass is 10.1. The van der Waals surface area contributed by atoms with Gasteiger partial charge in [-0.2, -0.15) is 18.7 Å². The summed E-state index contributed by atoms with van der Waals surface area (Å²) in [7, 11) is 0. The van der Waals surface area contributed by atoms with Gasteiger partial charge in [0.15, 0.2) is 4.74 Å². The summed E-state index contributed by atoms with van der Waals surface area (Å²) in [6.45, 7) is 8.12. The maximum atomic E-state index is 12.6. The lowest BCUT2D eigenvalue weighted by molar-refractivity contribution is -0.138. The lowest BCUT2D eigenvalue weighted by Gasteiger charge is -2.14. The number of aliphatic imine (C=N–C) groups is 1. The number of hydrogen-bond donors (Lipinski definition) is 2. The molecule has 0 saturated heterocycles. The van der Waals surface area contributed by atoms with Crippen molar-refractivity contribution in [2.45, 2.75) is 33.0 Å². The van der Waals surface area contributed by atoms with E-state index in [-0.39, 0.29) is 22.1 Å². The molecule has 1 aromatic rings. The number of nitrogens with one attached hydrogen (secondary N) is 2. The fourth-order valence-electron chi connectivity index (χ4n) is 1.16. The van der Waals surface area contributed by atoms with Gasteiger partial charge in [0.2, 0.25) is 0 Å². The van der Waals surface area contributed by atoms with Crippen LogP contribution in [0.2, 0.25) is 0 Å². The smallest absolute Gasteiger partial charge is 0.408 e. The number of alkyl halides is 3. The van der Waals surface area contributed by atoms with Gasteiger partial charge in [0.05, 0.1) is 5.56 Å². The molecule has 0 amide bonds. The van der Waals surface area contributed by atoms with Gasteiger partial charge in [-0.3, -0.25) is 5.41 Å². The number of hydroxylamine groups is 1. The highest BCUT2D eigenvalue weighted by Gasteiger charge is 2.32. The minimum absolute atomic E-state index is 0.0376. The van der Waals surface area contributed by atoms with E-state index in [1.54, 1.807) is 0 Å². The molecule has 0 unspecified atom stereocenters. The van der Waals surface area contributed by atoms with E-state index in [9.17, 15) is 13.2 Å². The first-order chi connectivity index (χ1) is 9.57. The predicted octanol–water partition coefficient (Wildman–Crippen LogP) is 4.32. The minimum atomic E-state index is -4.35. The molecule has 8 heteroatoms. The van der Waals surface area contributed by atoms with Crippen molar-refractivity contribution in [2.75, 3.05) is 0 Å². The second kappa shape index (κ2) is 8.78. The molecular formula is C13H17BrF3N3O. The second-order valence-corrected chi connectivity index (χ2v) is 5.05. The number of benzene rings is 1. The SMILES string of the molecule is C=NC(=N)Br.Cc1ccc(ONC(C)C)cc1C(F)(F)F. The van der Waals surface area contributed by atoms with Crippen molar-refractivity contribution in [3.63, 3.8) is 0 Å². The fraction of sp³-hybridized carbons (Fsp3) is 0.385. The molecule has 0 spiro atoms. The minimum Gasteiger partial charge on any atom is -0.408 e. The molecule has 0 aliphatic heterocycles. The van der Waals surface area contributed by atoms with E-state index in [0.29, 0.717) is 0 Å². The zero-order valence-corrected chi connectivity index (χ0v) is 13.5. The van der Waals surface area contributed by atoms with Gasteiger partial charge in [-0.05, 0) is 61.1 Å². The van der Waals surface area contributed by atoms with Gasteiger partial charge in [-0.25, -0.2) is 4.99 Å². The largest absolute Gasteiger partial charge is 0.416 e. The molecule has 0 aliphatic rings.